The van der Waals surface area contributed by atoms with E-state index in [4.69, 9.17) is 21.0 Å². The van der Waals surface area contributed by atoms with Gasteiger partial charge in [0.15, 0.2) is 45.4 Å². The number of aryl methyl sites for hydroxylation is 2. The van der Waals surface area contributed by atoms with Crippen molar-refractivity contribution in [3.63, 3.8) is 0 Å². The Morgan fingerprint density at radius 2 is 1.06 bits per heavy atom. The summed E-state index contributed by atoms with van der Waals surface area (Å²) in [4.78, 5) is 7.52. The van der Waals surface area contributed by atoms with Crippen LogP contribution in [0.1, 0.15) is 0 Å². The Kier molecular flexibility index (Phi) is 4.32. The Morgan fingerprint density at radius 1 is 0.625 bits per heavy atom. The summed E-state index contributed by atoms with van der Waals surface area (Å²) < 4.78 is 62.7. The van der Waals surface area contributed by atoms with Crippen LogP contribution in [0.2, 0.25) is 0 Å². The van der Waals surface area contributed by atoms with Gasteiger partial charge in [-0.05, 0) is 0 Å². The lowest BCUT2D eigenvalue weighted by Gasteiger charge is -2.09. The van der Waals surface area contributed by atoms with Crippen molar-refractivity contribution in [3.8, 4) is 24.3 Å². The van der Waals surface area contributed by atoms with E-state index in [0.717, 1.165) is 9.13 Å². The van der Waals surface area contributed by atoms with E-state index in [9.17, 15) is 8.78 Å². The number of fused-ring (bicyclic) bond motifs is 4. The lowest BCUT2D eigenvalue weighted by molar-refractivity contribution is 0.518. The van der Waals surface area contributed by atoms with E-state index in [0.29, 0.717) is 0 Å². The number of hydrogen-bond acceptors (Lipinski definition) is 6. The fraction of sp³-hybridized carbons (Fsp3) is 0.100. The minimum atomic E-state index is -1.75. The standard InChI is InChI=1S/C20H6F4N8/c1-31-17-10-9(11(21)14(24)16(17)30-19(31)7(3-25)4-26)12(22)15-18(13(10)23)32(2)20(29-15)8(5-27)6-28/h1-2H3. The number of halogens is 4. The molecular formula is C20H6F4N8. The molecule has 0 aliphatic carbocycles. The van der Waals surface area contributed by atoms with Crippen LogP contribution in [0.4, 0.5) is 17.6 Å². The molecule has 8 nitrogen and oxygen atoms in total. The van der Waals surface area contributed by atoms with Crippen molar-refractivity contribution in [1.29, 1.82) is 21.0 Å². The van der Waals surface area contributed by atoms with Gasteiger partial charge >= 0.3 is 0 Å². The molecule has 154 valence electrons. The zero-order chi connectivity index (χ0) is 23.5. The van der Waals surface area contributed by atoms with E-state index in [2.05, 4.69) is 9.97 Å². The molecule has 32 heavy (non-hydrogen) atoms. The second-order valence-corrected chi connectivity index (χ2v) is 6.59. The van der Waals surface area contributed by atoms with E-state index in [1.165, 1.54) is 14.1 Å². The summed E-state index contributed by atoms with van der Waals surface area (Å²) in [6.45, 7) is 0. The highest BCUT2D eigenvalue weighted by Crippen LogP contribution is 2.36. The molecule has 0 aliphatic heterocycles. The predicted octanol–water partition coefficient (Wildman–Crippen LogP) is 1.57. The molecule has 0 saturated carbocycles. The summed E-state index contributed by atoms with van der Waals surface area (Å²) in [5.74, 6) is -6.00. The maximum Gasteiger partial charge on any atom is 0.187 e. The van der Waals surface area contributed by atoms with Gasteiger partial charge in [0, 0.05) is 14.1 Å². The normalized spacial score (nSPS) is 10.7. The molecule has 4 rings (SSSR count). The van der Waals surface area contributed by atoms with Gasteiger partial charge in [-0.2, -0.15) is 21.0 Å². The molecule has 0 radical (unpaired) electrons. The van der Waals surface area contributed by atoms with E-state index in [1.807, 2.05) is 0 Å². The van der Waals surface area contributed by atoms with E-state index >= 15 is 8.78 Å². The topological polar surface area (TPSA) is 131 Å². The largest absolute Gasteiger partial charge is 0.325 e. The predicted molar refractivity (Wildman–Crippen MR) is 101 cm³/mol. The van der Waals surface area contributed by atoms with Crippen LogP contribution in [0, 0.1) is 68.6 Å². The number of benzene rings is 2. The highest BCUT2D eigenvalue weighted by molar-refractivity contribution is 6.10. The summed E-state index contributed by atoms with van der Waals surface area (Å²) in [5, 5.41) is 34.6. The highest BCUT2D eigenvalue weighted by Gasteiger charge is 2.29. The van der Waals surface area contributed by atoms with Crippen molar-refractivity contribution >= 4 is 44.0 Å². The molecule has 0 fully saturated rings. The Balaban J connectivity index is 2.47. The van der Waals surface area contributed by atoms with Crippen LogP contribution in [0.25, 0.3) is 44.0 Å². The van der Waals surface area contributed by atoms with E-state index in [1.54, 1.807) is 24.3 Å². The quantitative estimate of drug-likeness (QED) is 0.386. The molecular weight excluding hydrogens is 428 g/mol. The maximum absolute atomic E-state index is 15.7. The summed E-state index contributed by atoms with van der Waals surface area (Å²) in [6.07, 6.45) is 0. The molecule has 0 aliphatic rings. The monoisotopic (exact) mass is 434 g/mol. The first-order chi connectivity index (χ1) is 15.2. The van der Waals surface area contributed by atoms with Crippen LogP contribution in [0.5, 0.6) is 0 Å². The van der Waals surface area contributed by atoms with Crippen LogP contribution < -0.4 is 11.0 Å². The molecule has 0 unspecified atom stereocenters. The van der Waals surface area contributed by atoms with Crippen molar-refractivity contribution in [1.82, 2.24) is 19.1 Å². The van der Waals surface area contributed by atoms with Gasteiger partial charge in [0.05, 0.1) is 16.3 Å². The lowest BCUT2D eigenvalue weighted by Crippen LogP contribution is -2.18. The third kappa shape index (κ3) is 2.32. The second kappa shape index (κ2) is 6.80. The third-order valence-electron chi connectivity index (χ3n) is 5.05. The van der Waals surface area contributed by atoms with Gasteiger partial charge in [-0.1, -0.05) is 0 Å². The first-order valence-electron chi connectivity index (χ1n) is 8.58. The van der Waals surface area contributed by atoms with Crippen molar-refractivity contribution in [2.24, 2.45) is 14.1 Å². The zero-order valence-corrected chi connectivity index (χ0v) is 16.1. The average molecular weight is 434 g/mol. The molecule has 2 aromatic carbocycles. The molecule has 0 saturated heterocycles. The minimum Gasteiger partial charge on any atom is -0.325 e. The maximum atomic E-state index is 15.7. The number of nitriles is 4. The Hall–Kier alpha value is -4.94. The van der Waals surface area contributed by atoms with Crippen LogP contribution >= 0.6 is 0 Å². The summed E-state index contributed by atoms with van der Waals surface area (Å²) in [5.41, 5.74) is -4.17. The zero-order valence-electron chi connectivity index (χ0n) is 16.1. The molecule has 2 heterocycles. The molecule has 4 aromatic rings. The molecule has 12 heteroatoms. The molecule has 0 N–H and O–H groups in total. The fourth-order valence-electron chi connectivity index (χ4n) is 3.64. The summed E-state index contributed by atoms with van der Waals surface area (Å²) >= 11 is 0. The molecule has 0 atom stereocenters. The number of hydrogen-bond donors (Lipinski definition) is 0. The second-order valence-electron chi connectivity index (χ2n) is 6.59. The molecule has 0 bridgehead atoms. The number of aromatic nitrogens is 4. The molecule has 0 amide bonds. The number of imidazole rings is 2. The fourth-order valence-corrected chi connectivity index (χ4v) is 3.64. The van der Waals surface area contributed by atoms with Gasteiger partial charge < -0.3 is 9.13 Å². The first-order valence-corrected chi connectivity index (χ1v) is 8.58. The first kappa shape index (κ1) is 20.3. The van der Waals surface area contributed by atoms with Crippen LogP contribution in [0.15, 0.2) is 0 Å². The molecule has 0 spiro atoms. The van der Waals surface area contributed by atoms with Gasteiger partial charge in [0.1, 0.15) is 40.8 Å². The van der Waals surface area contributed by atoms with Crippen LogP contribution in [-0.2, 0) is 14.1 Å². The van der Waals surface area contributed by atoms with Crippen LogP contribution in [0.3, 0.4) is 0 Å². The van der Waals surface area contributed by atoms with Crippen molar-refractivity contribution in [3.05, 3.63) is 34.2 Å². The van der Waals surface area contributed by atoms with Gasteiger partial charge in [0.2, 0.25) is 0 Å². The lowest BCUT2D eigenvalue weighted by atomic mass is 10.0. The van der Waals surface area contributed by atoms with Crippen molar-refractivity contribution in [2.75, 3.05) is 0 Å². The highest BCUT2D eigenvalue weighted by atomic mass is 19.2. The smallest absolute Gasteiger partial charge is 0.187 e. The third-order valence-corrected chi connectivity index (χ3v) is 5.05. The van der Waals surface area contributed by atoms with Crippen LogP contribution in [-0.4, -0.2) is 19.1 Å². The number of nitrogens with zero attached hydrogens (tertiary/aromatic N) is 8. The van der Waals surface area contributed by atoms with E-state index in [-0.39, 0.29) is 11.0 Å². The SMILES string of the molecule is Cn1c(=C(C#N)C#N)nc2c(F)c3c(F)c(F)c4nc(=C(C#N)C#N)n(C)c4c3c(F)c21. The van der Waals surface area contributed by atoms with Gasteiger partial charge in [-0.25, -0.2) is 27.5 Å². The van der Waals surface area contributed by atoms with Gasteiger partial charge in [-0.3, -0.25) is 0 Å². The Labute approximate surface area is 175 Å². The Bertz CT molecular complexity index is 1800. The minimum absolute atomic E-state index is 0.369. The van der Waals surface area contributed by atoms with Crippen molar-refractivity contribution < 1.29 is 17.6 Å². The van der Waals surface area contributed by atoms with Gasteiger partial charge in [0.25, 0.3) is 0 Å². The van der Waals surface area contributed by atoms with Crippen molar-refractivity contribution in [2.45, 2.75) is 0 Å². The van der Waals surface area contributed by atoms with Gasteiger partial charge in [-0.15, -0.1) is 0 Å². The summed E-state index contributed by atoms with van der Waals surface area (Å²) in [6, 6.07) is 6.22. The number of rotatable bonds is 0. The Morgan fingerprint density at radius 3 is 1.53 bits per heavy atom. The molecule has 2 aromatic heterocycles. The summed E-state index contributed by atoms with van der Waals surface area (Å²) in [7, 11) is 2.44. The van der Waals surface area contributed by atoms with E-state index < -0.39 is 67.3 Å². The average Bonchev–Trinajstić information content (AvgIpc) is 3.30.